The number of rotatable bonds is 7. The molecule has 3 aliphatic rings. The normalized spacial score (nSPS) is 22.2. The molecule has 35 heavy (non-hydrogen) atoms. The van der Waals surface area contributed by atoms with Gasteiger partial charge in [0.2, 0.25) is 0 Å². The molecule has 3 aliphatic heterocycles. The number of para-hydroxylation sites is 1. The molecule has 1 amide bonds. The molecule has 2 atom stereocenters. The van der Waals surface area contributed by atoms with Crippen LogP contribution in [0, 0.1) is 5.92 Å². The van der Waals surface area contributed by atoms with Gasteiger partial charge in [-0.1, -0.05) is 36.4 Å². The average Bonchev–Trinajstić information content (AvgIpc) is 3.18. The SMILES string of the molecule is O=C1OC[C@H](Cc2ccccc2)N1CCC1CCN(C[C@H]2COc3c(Br)cccc3O2)CC1.S.S. The molecule has 0 aliphatic carbocycles. The number of likely N-dealkylation sites (tertiary alicyclic amines) is 1. The second kappa shape index (κ2) is 13.1. The Morgan fingerprint density at radius 3 is 2.49 bits per heavy atom. The van der Waals surface area contributed by atoms with E-state index in [2.05, 4.69) is 33.0 Å². The minimum absolute atomic E-state index is 0. The predicted octanol–water partition coefficient (Wildman–Crippen LogP) is 4.98. The highest BCUT2D eigenvalue weighted by atomic mass is 79.9. The van der Waals surface area contributed by atoms with Crippen molar-refractivity contribution in [1.29, 1.82) is 0 Å². The van der Waals surface area contributed by atoms with Crippen LogP contribution in [0.25, 0.3) is 0 Å². The number of amides is 1. The van der Waals surface area contributed by atoms with E-state index in [1.165, 1.54) is 5.56 Å². The highest BCUT2D eigenvalue weighted by molar-refractivity contribution is 9.10. The number of halogens is 1. The van der Waals surface area contributed by atoms with Crippen LogP contribution in [0.3, 0.4) is 0 Å². The maximum atomic E-state index is 12.3. The molecule has 6 nitrogen and oxygen atoms in total. The van der Waals surface area contributed by atoms with Crippen LogP contribution in [0.4, 0.5) is 4.79 Å². The van der Waals surface area contributed by atoms with Crippen LogP contribution in [-0.2, 0) is 11.2 Å². The first kappa shape index (κ1) is 28.0. The molecule has 0 aromatic heterocycles. The van der Waals surface area contributed by atoms with E-state index in [1.54, 1.807) is 0 Å². The zero-order valence-corrected chi connectivity index (χ0v) is 23.4. The Bertz CT molecular complexity index is 960. The van der Waals surface area contributed by atoms with Crippen LogP contribution < -0.4 is 9.47 Å². The zero-order chi connectivity index (χ0) is 22.6. The molecule has 0 radical (unpaired) electrons. The van der Waals surface area contributed by atoms with Gasteiger partial charge in [-0.3, -0.25) is 4.90 Å². The van der Waals surface area contributed by atoms with Gasteiger partial charge in [-0.25, -0.2) is 4.79 Å². The summed E-state index contributed by atoms with van der Waals surface area (Å²) in [5.41, 5.74) is 1.25. The fourth-order valence-corrected chi connectivity index (χ4v) is 5.55. The summed E-state index contributed by atoms with van der Waals surface area (Å²) >= 11 is 3.52. The van der Waals surface area contributed by atoms with E-state index in [-0.39, 0.29) is 45.2 Å². The molecule has 0 spiro atoms. The topological polar surface area (TPSA) is 51.2 Å². The molecule has 2 fully saturated rings. The van der Waals surface area contributed by atoms with E-state index in [4.69, 9.17) is 14.2 Å². The van der Waals surface area contributed by atoms with Crippen molar-refractivity contribution in [3.05, 3.63) is 58.6 Å². The van der Waals surface area contributed by atoms with Crippen LogP contribution in [0.1, 0.15) is 24.8 Å². The first-order valence-corrected chi connectivity index (χ1v) is 12.7. The average molecular weight is 584 g/mol. The molecular formula is C26H35BrN2O4S2. The van der Waals surface area contributed by atoms with Gasteiger partial charge in [-0.05, 0) is 78.3 Å². The van der Waals surface area contributed by atoms with Crippen molar-refractivity contribution in [2.75, 3.05) is 39.4 Å². The number of hydrogen-bond donors (Lipinski definition) is 0. The second-order valence-corrected chi connectivity index (χ2v) is 10.1. The summed E-state index contributed by atoms with van der Waals surface area (Å²) < 4.78 is 18.4. The Morgan fingerprint density at radius 1 is 0.943 bits per heavy atom. The van der Waals surface area contributed by atoms with Crippen LogP contribution >= 0.6 is 42.9 Å². The largest absolute Gasteiger partial charge is 0.485 e. The number of hydrogen-bond acceptors (Lipinski definition) is 5. The summed E-state index contributed by atoms with van der Waals surface area (Å²) in [6.07, 6.45) is 4.10. The summed E-state index contributed by atoms with van der Waals surface area (Å²) in [5, 5.41) is 0. The van der Waals surface area contributed by atoms with Gasteiger partial charge >= 0.3 is 6.09 Å². The van der Waals surface area contributed by atoms with Crippen molar-refractivity contribution in [2.24, 2.45) is 5.92 Å². The molecule has 2 aromatic carbocycles. The van der Waals surface area contributed by atoms with Gasteiger partial charge in [0.1, 0.15) is 19.3 Å². The van der Waals surface area contributed by atoms with Crippen LogP contribution in [0.2, 0.25) is 0 Å². The number of carbonyl (C=O) groups excluding carboxylic acids is 1. The lowest BCUT2D eigenvalue weighted by atomic mass is 9.93. The van der Waals surface area contributed by atoms with Gasteiger partial charge in [0.25, 0.3) is 0 Å². The monoisotopic (exact) mass is 582 g/mol. The van der Waals surface area contributed by atoms with Crippen molar-refractivity contribution >= 4 is 49.0 Å². The van der Waals surface area contributed by atoms with Crippen LogP contribution in [-0.4, -0.2) is 67.4 Å². The number of carbonyl (C=O) groups is 1. The van der Waals surface area contributed by atoms with E-state index in [0.717, 1.165) is 67.8 Å². The lowest BCUT2D eigenvalue weighted by Gasteiger charge is -2.36. The molecule has 0 unspecified atom stereocenters. The van der Waals surface area contributed by atoms with Crippen molar-refractivity contribution in [2.45, 2.75) is 37.8 Å². The molecule has 0 N–H and O–H groups in total. The standard InChI is InChI=1S/C26H31BrN2O4.2H2S/c27-23-7-4-8-24-25(23)31-18-22(33-24)16-28-12-9-19(10-13-28)11-14-29-21(17-32-26(29)30)15-20-5-2-1-3-6-20;;/h1-8,19,21-22H,9-18H2;2*1H2/t21-,22-;;/m0../s1. The van der Waals surface area contributed by atoms with E-state index >= 15 is 0 Å². The van der Waals surface area contributed by atoms with E-state index < -0.39 is 0 Å². The molecule has 0 saturated carbocycles. The predicted molar refractivity (Wildman–Crippen MR) is 151 cm³/mol. The third-order valence-electron chi connectivity index (χ3n) is 6.97. The summed E-state index contributed by atoms with van der Waals surface area (Å²) in [4.78, 5) is 16.7. The zero-order valence-electron chi connectivity index (χ0n) is 19.8. The lowest BCUT2D eigenvalue weighted by Crippen LogP contribution is -2.44. The summed E-state index contributed by atoms with van der Waals surface area (Å²) in [6.45, 7) is 4.87. The molecule has 0 bridgehead atoms. The second-order valence-electron chi connectivity index (χ2n) is 9.26. The summed E-state index contributed by atoms with van der Waals surface area (Å²) in [5.74, 6) is 2.27. The highest BCUT2D eigenvalue weighted by Gasteiger charge is 2.34. The van der Waals surface area contributed by atoms with Crippen LogP contribution in [0.15, 0.2) is 53.0 Å². The van der Waals surface area contributed by atoms with Gasteiger partial charge in [-0.15, -0.1) is 0 Å². The number of piperidine rings is 1. The number of nitrogens with zero attached hydrogens (tertiary/aromatic N) is 2. The third-order valence-corrected chi connectivity index (χ3v) is 7.60. The van der Waals surface area contributed by atoms with Gasteiger partial charge in [0.15, 0.2) is 11.5 Å². The number of benzene rings is 2. The molecular weight excluding hydrogens is 548 g/mol. The van der Waals surface area contributed by atoms with Gasteiger partial charge in [0, 0.05) is 13.1 Å². The van der Waals surface area contributed by atoms with Crippen molar-refractivity contribution < 1.29 is 19.0 Å². The molecule has 192 valence electrons. The van der Waals surface area contributed by atoms with Crippen molar-refractivity contribution in [3.8, 4) is 11.5 Å². The Morgan fingerprint density at radius 2 is 1.71 bits per heavy atom. The maximum absolute atomic E-state index is 12.3. The quantitative estimate of drug-likeness (QED) is 0.461. The Hall–Kier alpha value is -1.55. The summed E-state index contributed by atoms with van der Waals surface area (Å²) in [7, 11) is 0. The fourth-order valence-electron chi connectivity index (χ4n) is 5.09. The van der Waals surface area contributed by atoms with E-state index in [9.17, 15) is 4.79 Å². The van der Waals surface area contributed by atoms with Gasteiger partial charge < -0.3 is 19.1 Å². The van der Waals surface area contributed by atoms with Crippen LogP contribution in [0.5, 0.6) is 11.5 Å². The Balaban J connectivity index is 0.00000171. The number of ether oxygens (including phenoxy) is 3. The Labute approximate surface area is 230 Å². The molecule has 3 heterocycles. The molecule has 9 heteroatoms. The van der Waals surface area contributed by atoms with Crippen molar-refractivity contribution in [1.82, 2.24) is 9.80 Å². The highest BCUT2D eigenvalue weighted by Crippen LogP contribution is 2.38. The van der Waals surface area contributed by atoms with E-state index in [0.29, 0.717) is 19.1 Å². The first-order valence-electron chi connectivity index (χ1n) is 11.9. The molecule has 2 aromatic rings. The lowest BCUT2D eigenvalue weighted by molar-refractivity contribution is 0.0461. The number of fused-ring (bicyclic) bond motifs is 1. The van der Waals surface area contributed by atoms with Crippen molar-refractivity contribution in [3.63, 3.8) is 0 Å². The minimum atomic E-state index is -0.158. The maximum Gasteiger partial charge on any atom is 0.410 e. The first-order chi connectivity index (χ1) is 16.2. The summed E-state index contributed by atoms with van der Waals surface area (Å²) in [6, 6.07) is 16.4. The third kappa shape index (κ3) is 7.02. The number of cyclic esters (lactones) is 1. The molecule has 5 rings (SSSR count). The smallest absolute Gasteiger partial charge is 0.410 e. The fraction of sp³-hybridized carbons (Fsp3) is 0.500. The van der Waals surface area contributed by atoms with Gasteiger partial charge in [-0.2, -0.15) is 27.0 Å². The minimum Gasteiger partial charge on any atom is -0.485 e. The van der Waals surface area contributed by atoms with Gasteiger partial charge in [0.05, 0.1) is 10.5 Å². The van der Waals surface area contributed by atoms with E-state index in [1.807, 2.05) is 41.3 Å². The molecule has 2 saturated heterocycles. The Kier molecular flexibility index (Phi) is 10.5.